The molecular formula is C18H18O15. The van der Waals surface area contributed by atoms with Crippen molar-refractivity contribution in [1.82, 2.24) is 0 Å². The molecule has 0 saturated heterocycles. The van der Waals surface area contributed by atoms with Crippen molar-refractivity contribution in [3.05, 3.63) is 0 Å². The van der Waals surface area contributed by atoms with Gasteiger partial charge in [0.1, 0.15) is 0 Å². The molecule has 180 valence electrons. The molecule has 2 saturated carbocycles. The highest BCUT2D eigenvalue weighted by molar-refractivity contribution is 6.19. The minimum Gasteiger partial charge on any atom is -0.480 e. The lowest BCUT2D eigenvalue weighted by Crippen LogP contribution is -2.61. The summed E-state index contributed by atoms with van der Waals surface area (Å²) in [5, 5.41) is 57.3. The first kappa shape index (κ1) is 25.2. The predicted molar refractivity (Wildman–Crippen MR) is 94.3 cm³/mol. The normalized spacial score (nSPS) is 27.3. The number of hydrogen-bond donors (Lipinski definition) is 6. The van der Waals surface area contributed by atoms with Gasteiger partial charge in [-0.25, -0.2) is 0 Å². The third-order valence-electron chi connectivity index (χ3n) is 6.74. The van der Waals surface area contributed by atoms with E-state index in [4.69, 9.17) is 0 Å². The molecule has 2 unspecified atom stereocenters. The number of carboxylic acids is 6. The quantitative estimate of drug-likeness (QED) is 0.179. The molecule has 0 aliphatic heterocycles. The molecule has 0 aromatic carbocycles. The Morgan fingerprint density at radius 3 is 0.848 bits per heavy atom. The van der Waals surface area contributed by atoms with Crippen LogP contribution in [0.3, 0.4) is 0 Å². The molecule has 0 amide bonds. The molecule has 0 aromatic heterocycles. The summed E-state index contributed by atoms with van der Waals surface area (Å²) in [5.74, 6) is -18.0. The van der Waals surface area contributed by atoms with Crippen LogP contribution in [0.15, 0.2) is 0 Å². The van der Waals surface area contributed by atoms with Crippen LogP contribution in [0.4, 0.5) is 0 Å². The van der Waals surface area contributed by atoms with Crippen LogP contribution in [0.25, 0.3) is 0 Å². The number of carbonyl (C=O) groups is 8. The van der Waals surface area contributed by atoms with Crippen molar-refractivity contribution in [1.29, 1.82) is 0 Å². The van der Waals surface area contributed by atoms with E-state index in [1.54, 1.807) is 0 Å². The van der Waals surface area contributed by atoms with Gasteiger partial charge in [0.2, 0.25) is 0 Å². The molecule has 15 nitrogen and oxygen atoms in total. The number of carbonyl (C=O) groups excluding carboxylic acids is 2. The Kier molecular flexibility index (Phi) is 5.98. The monoisotopic (exact) mass is 474 g/mol. The molecular weight excluding hydrogens is 456 g/mol. The molecule has 0 aromatic rings. The van der Waals surface area contributed by atoms with Gasteiger partial charge < -0.3 is 35.4 Å². The van der Waals surface area contributed by atoms with Crippen molar-refractivity contribution >= 4 is 47.8 Å². The number of rotatable bonds is 8. The Labute approximate surface area is 182 Å². The van der Waals surface area contributed by atoms with Crippen molar-refractivity contribution in [2.45, 2.75) is 38.5 Å². The van der Waals surface area contributed by atoms with E-state index in [1.165, 1.54) is 0 Å². The number of esters is 2. The van der Waals surface area contributed by atoms with Crippen LogP contribution in [-0.2, 0) is 43.1 Å². The van der Waals surface area contributed by atoms with E-state index in [1.807, 2.05) is 0 Å². The molecule has 2 fully saturated rings. The largest absolute Gasteiger partial charge is 0.480 e. The molecule has 15 heteroatoms. The highest BCUT2D eigenvalue weighted by Gasteiger charge is 2.77. The summed E-state index contributed by atoms with van der Waals surface area (Å²) >= 11 is 0. The van der Waals surface area contributed by atoms with Gasteiger partial charge in [-0.05, 0) is 38.5 Å². The van der Waals surface area contributed by atoms with Gasteiger partial charge in [-0.15, -0.1) is 0 Å². The van der Waals surface area contributed by atoms with Crippen LogP contribution in [-0.4, -0.2) is 78.4 Å². The maximum atomic E-state index is 12.9. The van der Waals surface area contributed by atoms with E-state index in [0.29, 0.717) is 0 Å². The molecule has 2 aliphatic carbocycles. The standard InChI is InChI=1S/C18H18O15/c19-7(20)15(8(21)22)3-1-5-17(15,11(27)28)13(31)33-14(32)18(12(29)30)6-2-4-16(18,9(23)24)10(25)26/h1-6H2,(H,19,20)(H,21,22)(H,23,24)(H,25,26)(H,27,28)(H,29,30). The maximum Gasteiger partial charge on any atom is 0.332 e. The molecule has 6 N–H and O–H groups in total. The lowest BCUT2D eigenvalue weighted by molar-refractivity contribution is -0.204. The van der Waals surface area contributed by atoms with E-state index in [-0.39, 0.29) is 0 Å². The molecule has 0 spiro atoms. The van der Waals surface area contributed by atoms with Crippen LogP contribution in [0.2, 0.25) is 0 Å². The van der Waals surface area contributed by atoms with Gasteiger partial charge in [0.05, 0.1) is 0 Å². The van der Waals surface area contributed by atoms with Crippen molar-refractivity contribution in [2.75, 3.05) is 0 Å². The molecule has 2 atom stereocenters. The first-order chi connectivity index (χ1) is 15.1. The lowest BCUT2D eigenvalue weighted by atomic mass is 9.64. The van der Waals surface area contributed by atoms with E-state index < -0.39 is 108 Å². The van der Waals surface area contributed by atoms with E-state index >= 15 is 0 Å². The minimum absolute atomic E-state index is 0.424. The van der Waals surface area contributed by atoms with Crippen molar-refractivity contribution in [3.63, 3.8) is 0 Å². The average molecular weight is 474 g/mol. The van der Waals surface area contributed by atoms with Crippen LogP contribution < -0.4 is 0 Å². The smallest absolute Gasteiger partial charge is 0.332 e. The molecule has 0 bridgehead atoms. The van der Waals surface area contributed by atoms with Gasteiger partial charge in [0.15, 0.2) is 21.7 Å². The zero-order chi connectivity index (χ0) is 25.6. The summed E-state index contributed by atoms with van der Waals surface area (Å²) in [7, 11) is 0. The lowest BCUT2D eigenvalue weighted by Gasteiger charge is -2.36. The summed E-state index contributed by atoms with van der Waals surface area (Å²) in [4.78, 5) is 97.0. The molecule has 0 radical (unpaired) electrons. The van der Waals surface area contributed by atoms with Crippen LogP contribution >= 0.6 is 0 Å². The van der Waals surface area contributed by atoms with Gasteiger partial charge in [-0.3, -0.25) is 38.4 Å². The zero-order valence-electron chi connectivity index (χ0n) is 16.6. The molecule has 2 rings (SSSR count). The summed E-state index contributed by atoms with van der Waals surface area (Å²) in [6.45, 7) is 0. The third-order valence-corrected chi connectivity index (χ3v) is 6.74. The fourth-order valence-electron chi connectivity index (χ4n) is 5.00. The zero-order valence-corrected chi connectivity index (χ0v) is 16.6. The van der Waals surface area contributed by atoms with Crippen molar-refractivity contribution < 1.29 is 73.7 Å². The van der Waals surface area contributed by atoms with Gasteiger partial charge in [-0.2, -0.15) is 0 Å². The highest BCUT2D eigenvalue weighted by atomic mass is 16.6. The van der Waals surface area contributed by atoms with Gasteiger partial charge in [0.25, 0.3) is 0 Å². The third kappa shape index (κ3) is 2.81. The summed E-state index contributed by atoms with van der Waals surface area (Å²) in [5.41, 5.74) is -13.3. The first-order valence-electron chi connectivity index (χ1n) is 9.30. The highest BCUT2D eigenvalue weighted by Crippen LogP contribution is 2.57. The number of hydrogen-bond acceptors (Lipinski definition) is 9. The van der Waals surface area contributed by atoms with Crippen molar-refractivity contribution in [3.8, 4) is 0 Å². The maximum absolute atomic E-state index is 12.9. The first-order valence-corrected chi connectivity index (χ1v) is 9.30. The fourth-order valence-corrected chi connectivity index (χ4v) is 5.00. The predicted octanol–water partition coefficient (Wildman–Crippen LogP) is -1.12. The average Bonchev–Trinajstić information content (AvgIpc) is 3.29. The van der Waals surface area contributed by atoms with Gasteiger partial charge in [0, 0.05) is 0 Å². The minimum atomic E-state index is -3.38. The number of carboxylic acid groups (broad SMARTS) is 6. The Morgan fingerprint density at radius 1 is 0.424 bits per heavy atom. The Morgan fingerprint density at radius 2 is 0.636 bits per heavy atom. The van der Waals surface area contributed by atoms with Gasteiger partial charge in [-0.1, -0.05) is 0 Å². The van der Waals surface area contributed by atoms with E-state index in [0.717, 1.165) is 0 Å². The molecule has 0 heterocycles. The Balaban J connectivity index is 2.67. The summed E-state index contributed by atoms with van der Waals surface area (Å²) < 4.78 is 4.37. The Hall–Kier alpha value is -4.04. The van der Waals surface area contributed by atoms with E-state index in [9.17, 15) is 69.0 Å². The fraction of sp³-hybridized carbons (Fsp3) is 0.556. The summed E-state index contributed by atoms with van der Waals surface area (Å²) in [6.07, 6.45) is -4.40. The van der Waals surface area contributed by atoms with Crippen LogP contribution in [0.5, 0.6) is 0 Å². The molecule has 33 heavy (non-hydrogen) atoms. The van der Waals surface area contributed by atoms with Crippen LogP contribution in [0.1, 0.15) is 38.5 Å². The van der Waals surface area contributed by atoms with Crippen molar-refractivity contribution in [2.24, 2.45) is 21.7 Å². The SMILES string of the molecule is O=C(O)C1(C(=O)O)CCCC1(C(=O)O)C(=O)OC(=O)C1(C(=O)O)CCCC1(C(=O)O)C(=O)O. The second-order valence-corrected chi connectivity index (χ2v) is 7.84. The molecule has 2 aliphatic rings. The number of aliphatic carboxylic acids is 6. The number of ether oxygens (including phenoxy) is 1. The summed E-state index contributed by atoms with van der Waals surface area (Å²) in [6, 6.07) is 0. The topological polar surface area (TPSA) is 267 Å². The van der Waals surface area contributed by atoms with Crippen LogP contribution in [0, 0.1) is 21.7 Å². The Bertz CT molecular complexity index is 887. The van der Waals surface area contributed by atoms with Gasteiger partial charge >= 0.3 is 47.8 Å². The second kappa shape index (κ2) is 7.83. The second-order valence-electron chi connectivity index (χ2n) is 7.84. The van der Waals surface area contributed by atoms with E-state index in [2.05, 4.69) is 4.74 Å².